The van der Waals surface area contributed by atoms with Gasteiger partial charge in [-0.1, -0.05) is 17.7 Å². The number of fused-ring (bicyclic) bond motifs is 1. The lowest BCUT2D eigenvalue weighted by atomic mass is 9.80. The van der Waals surface area contributed by atoms with Crippen molar-refractivity contribution in [2.45, 2.75) is 20.3 Å². The van der Waals surface area contributed by atoms with Gasteiger partial charge in [0.15, 0.2) is 0 Å². The molecule has 0 saturated carbocycles. The molecule has 1 aliphatic heterocycles. The van der Waals surface area contributed by atoms with Crippen LogP contribution in [-0.4, -0.2) is 11.9 Å². The molecule has 0 amide bonds. The van der Waals surface area contributed by atoms with Crippen LogP contribution in [0, 0.1) is 11.8 Å². The van der Waals surface area contributed by atoms with Gasteiger partial charge in [0.1, 0.15) is 0 Å². The summed E-state index contributed by atoms with van der Waals surface area (Å²) in [5, 5.41) is 0. The monoisotopic (exact) mass is 192 g/mol. The highest BCUT2D eigenvalue weighted by Gasteiger charge is 2.46. The van der Waals surface area contributed by atoms with E-state index in [2.05, 4.69) is 4.74 Å². The molecule has 0 aromatic heterocycles. The molecular formula is C11H12O3. The van der Waals surface area contributed by atoms with Gasteiger partial charge in [-0.2, -0.15) is 0 Å². The van der Waals surface area contributed by atoms with Crippen LogP contribution in [0.2, 0.25) is 0 Å². The average Bonchev–Trinajstić information content (AvgIpc) is 2.43. The van der Waals surface area contributed by atoms with E-state index in [9.17, 15) is 9.59 Å². The first-order chi connectivity index (χ1) is 6.61. The molecule has 2 unspecified atom stereocenters. The van der Waals surface area contributed by atoms with E-state index < -0.39 is 0 Å². The summed E-state index contributed by atoms with van der Waals surface area (Å²) in [7, 11) is 0. The van der Waals surface area contributed by atoms with E-state index >= 15 is 0 Å². The van der Waals surface area contributed by atoms with Crippen molar-refractivity contribution in [1.82, 2.24) is 0 Å². The van der Waals surface area contributed by atoms with Crippen molar-refractivity contribution in [2.75, 3.05) is 0 Å². The molecule has 2 aliphatic rings. The van der Waals surface area contributed by atoms with Gasteiger partial charge in [0.2, 0.25) is 0 Å². The molecule has 2 rings (SSSR count). The predicted octanol–water partition coefficient (Wildman–Crippen LogP) is 1.60. The number of rotatable bonds is 0. The molecule has 2 atom stereocenters. The lowest BCUT2D eigenvalue weighted by molar-refractivity contribution is -0.153. The molecular weight excluding hydrogens is 180 g/mol. The van der Waals surface area contributed by atoms with Crippen LogP contribution in [0.3, 0.4) is 0 Å². The van der Waals surface area contributed by atoms with Crippen molar-refractivity contribution in [1.29, 1.82) is 0 Å². The summed E-state index contributed by atoms with van der Waals surface area (Å²) in [6, 6.07) is 0. The predicted molar refractivity (Wildman–Crippen MR) is 50.2 cm³/mol. The van der Waals surface area contributed by atoms with Crippen molar-refractivity contribution < 1.29 is 14.3 Å². The van der Waals surface area contributed by atoms with E-state index in [1.54, 1.807) is 0 Å². The Morgan fingerprint density at radius 2 is 2.07 bits per heavy atom. The van der Waals surface area contributed by atoms with Crippen molar-refractivity contribution in [3.63, 3.8) is 0 Å². The van der Waals surface area contributed by atoms with E-state index in [1.807, 2.05) is 26.0 Å². The summed E-state index contributed by atoms with van der Waals surface area (Å²) in [6.07, 6.45) is 4.48. The van der Waals surface area contributed by atoms with Crippen molar-refractivity contribution in [3.05, 3.63) is 23.3 Å². The molecule has 1 aliphatic carbocycles. The van der Waals surface area contributed by atoms with Crippen LogP contribution < -0.4 is 0 Å². The van der Waals surface area contributed by atoms with E-state index in [0.717, 1.165) is 11.1 Å². The minimum Gasteiger partial charge on any atom is -0.392 e. The standard InChI is InChI=1S/C11H12O3/c1-6(2)7-4-3-5-8-9(7)11(13)14-10(8)12/h3-4,8-9H,5H2,1-2H3. The lowest BCUT2D eigenvalue weighted by Crippen LogP contribution is -2.22. The van der Waals surface area contributed by atoms with Gasteiger partial charge in [0.25, 0.3) is 0 Å². The molecule has 0 bridgehead atoms. The maximum absolute atomic E-state index is 11.4. The third-order valence-electron chi connectivity index (χ3n) is 2.76. The summed E-state index contributed by atoms with van der Waals surface area (Å²) in [5.41, 5.74) is 2.01. The number of cyclic esters (lactones) is 2. The van der Waals surface area contributed by atoms with E-state index in [4.69, 9.17) is 0 Å². The first-order valence-corrected chi connectivity index (χ1v) is 4.70. The van der Waals surface area contributed by atoms with Crippen molar-refractivity contribution in [2.24, 2.45) is 11.8 Å². The van der Waals surface area contributed by atoms with E-state index in [0.29, 0.717) is 6.42 Å². The van der Waals surface area contributed by atoms with Gasteiger partial charge in [0, 0.05) is 0 Å². The van der Waals surface area contributed by atoms with Crippen LogP contribution in [0.15, 0.2) is 23.3 Å². The zero-order valence-corrected chi connectivity index (χ0v) is 8.24. The number of carbonyl (C=O) groups excluding carboxylic acids is 2. The van der Waals surface area contributed by atoms with Gasteiger partial charge >= 0.3 is 11.9 Å². The molecule has 0 spiro atoms. The molecule has 3 nitrogen and oxygen atoms in total. The molecule has 0 radical (unpaired) electrons. The molecule has 0 aromatic carbocycles. The summed E-state index contributed by atoms with van der Waals surface area (Å²) in [4.78, 5) is 22.7. The Morgan fingerprint density at radius 3 is 2.71 bits per heavy atom. The van der Waals surface area contributed by atoms with Crippen LogP contribution in [0.5, 0.6) is 0 Å². The summed E-state index contributed by atoms with van der Waals surface area (Å²) in [6.45, 7) is 3.89. The SMILES string of the molecule is CC(C)=C1C=CCC2C(=O)OC(=O)C12. The average molecular weight is 192 g/mol. The highest BCUT2D eigenvalue weighted by Crippen LogP contribution is 2.37. The highest BCUT2D eigenvalue weighted by molar-refractivity contribution is 5.99. The van der Waals surface area contributed by atoms with Crippen LogP contribution in [0.1, 0.15) is 20.3 Å². The Kier molecular flexibility index (Phi) is 2.02. The first-order valence-electron chi connectivity index (χ1n) is 4.70. The van der Waals surface area contributed by atoms with E-state index in [1.165, 1.54) is 0 Å². The van der Waals surface area contributed by atoms with Gasteiger partial charge in [-0.15, -0.1) is 0 Å². The normalized spacial score (nSPS) is 30.3. The maximum atomic E-state index is 11.4. The summed E-state index contributed by atoms with van der Waals surface area (Å²) < 4.78 is 4.64. The fraction of sp³-hybridized carbons (Fsp3) is 0.455. The highest BCUT2D eigenvalue weighted by atomic mass is 16.6. The number of carbonyl (C=O) groups is 2. The largest absolute Gasteiger partial charge is 0.392 e. The van der Waals surface area contributed by atoms with Crippen LogP contribution in [0.25, 0.3) is 0 Å². The van der Waals surface area contributed by atoms with Crippen LogP contribution >= 0.6 is 0 Å². The zero-order valence-electron chi connectivity index (χ0n) is 8.24. The number of allylic oxidation sites excluding steroid dienone is 3. The molecule has 0 N–H and O–H groups in total. The number of hydrogen-bond donors (Lipinski definition) is 0. The Hall–Kier alpha value is -1.38. The Labute approximate surface area is 82.4 Å². The third kappa shape index (κ3) is 1.20. The minimum absolute atomic E-state index is 0.280. The second kappa shape index (κ2) is 3.08. The second-order valence-electron chi connectivity index (χ2n) is 3.92. The number of ether oxygens (including phenoxy) is 1. The smallest absolute Gasteiger partial charge is 0.321 e. The summed E-state index contributed by atoms with van der Waals surface area (Å²) in [5.74, 6) is -1.39. The molecule has 1 saturated heterocycles. The quantitative estimate of drug-likeness (QED) is 0.432. The maximum Gasteiger partial charge on any atom is 0.321 e. The van der Waals surface area contributed by atoms with Crippen LogP contribution in [0.4, 0.5) is 0 Å². The Balaban J connectivity index is 2.46. The molecule has 3 heteroatoms. The molecule has 14 heavy (non-hydrogen) atoms. The van der Waals surface area contributed by atoms with Gasteiger partial charge in [-0.25, -0.2) is 0 Å². The Morgan fingerprint density at radius 1 is 1.36 bits per heavy atom. The third-order valence-corrected chi connectivity index (χ3v) is 2.76. The first kappa shape index (κ1) is 9.19. The van der Waals surface area contributed by atoms with Gasteiger partial charge in [-0.3, -0.25) is 9.59 Å². The minimum atomic E-state index is -0.388. The second-order valence-corrected chi connectivity index (χ2v) is 3.92. The van der Waals surface area contributed by atoms with Gasteiger partial charge in [-0.05, 0) is 25.8 Å². The van der Waals surface area contributed by atoms with Gasteiger partial charge < -0.3 is 4.74 Å². The Bertz CT molecular complexity index is 359. The topological polar surface area (TPSA) is 43.4 Å². The van der Waals surface area contributed by atoms with E-state index in [-0.39, 0.29) is 23.8 Å². The van der Waals surface area contributed by atoms with Crippen molar-refractivity contribution >= 4 is 11.9 Å². The lowest BCUT2D eigenvalue weighted by Gasteiger charge is -2.19. The van der Waals surface area contributed by atoms with Gasteiger partial charge in [0.05, 0.1) is 11.8 Å². The van der Waals surface area contributed by atoms with Crippen LogP contribution in [-0.2, 0) is 14.3 Å². The molecule has 0 aromatic rings. The fourth-order valence-electron chi connectivity index (χ4n) is 2.04. The van der Waals surface area contributed by atoms with Crippen molar-refractivity contribution in [3.8, 4) is 0 Å². The molecule has 74 valence electrons. The fourth-order valence-corrected chi connectivity index (χ4v) is 2.04. The number of hydrogen-bond acceptors (Lipinski definition) is 3. The number of esters is 2. The molecule has 1 heterocycles. The molecule has 1 fully saturated rings. The zero-order chi connectivity index (χ0) is 10.3. The summed E-state index contributed by atoms with van der Waals surface area (Å²) >= 11 is 0.